The number of rotatable bonds is 21. The molecule has 0 spiro atoms. The summed E-state index contributed by atoms with van der Waals surface area (Å²) in [6, 6.07) is 40.2. The van der Waals surface area contributed by atoms with E-state index in [2.05, 4.69) is 120 Å². The second kappa shape index (κ2) is 42.7. The number of nitrogens with zero attached hydrogens (tertiary/aromatic N) is 14. The van der Waals surface area contributed by atoms with Gasteiger partial charge in [0.2, 0.25) is 33.9 Å². The van der Waals surface area contributed by atoms with Crippen LogP contribution in [0.2, 0.25) is 0 Å². The zero-order valence-electron chi connectivity index (χ0n) is 60.8. The number of hydrogen-bond acceptors (Lipinski definition) is 26. The van der Waals surface area contributed by atoms with E-state index in [1.165, 1.54) is 53.0 Å². The first-order valence-corrected chi connectivity index (χ1v) is 37.3. The molecular formula is C75H78F6N22O8S3. The fourth-order valence-corrected chi connectivity index (χ4v) is 13.3. The minimum Gasteiger partial charge on any atom is -0.481 e. The van der Waals surface area contributed by atoms with Gasteiger partial charge in [0.05, 0.1) is 73.8 Å². The van der Waals surface area contributed by atoms with Crippen LogP contribution in [0.25, 0.3) is 0 Å². The highest BCUT2D eigenvalue weighted by Gasteiger charge is 2.33. The summed E-state index contributed by atoms with van der Waals surface area (Å²) in [6.45, 7) is 5.13. The standard InChI is InChI=1S/C28H26F3N7O3S.C19H21N7OS.C18H19N5O.C9H7F3O3.CH5N3S/c29-28(30,31)41-22-6-3-4-18(14-22)15-24(39)35-27-37-36-26(42-27)19-9-12-38(13-10-19)21-7-8-23(33-17-21)34-25(40)16-20-5-1-2-11-32-20;20-19-25-24-18(28-19)13-6-9-26(10-7-13)15-4-5-16(22-12-15)23-17(27)11-14-3-1-2-8-21-14;19-12-14-6-9-23(10-7-14)16-4-5-17(21-13-16)22-18(24)11-15-3-1-2-8-20-15;10-9(11,12)15-7-3-1-2-6(4-7)5-8(13)14;2-1(5)4-3/h1-8,11,14,17,19H,9-10,12-13,15-16H2,(H,33,34,40)(H,35,37,39);1-5,8,12-13H,6-7,9-11H2,(H2,20,25)(H,22,23,27);1-5,8,13-14H,6-7,9-11H2,(H,21,22,24);1-4H,5H2,(H,13,14);3H2,(H3,2,4,5). The lowest BCUT2D eigenvalue weighted by atomic mass is 9.97. The van der Waals surface area contributed by atoms with E-state index in [1.54, 1.807) is 61.4 Å². The number of benzene rings is 2. The number of piperidine rings is 3. The summed E-state index contributed by atoms with van der Waals surface area (Å²) in [5.74, 6) is 4.20. The zero-order chi connectivity index (χ0) is 81.4. The first kappa shape index (κ1) is 85.3. The van der Waals surface area contributed by atoms with E-state index < -0.39 is 30.4 Å². The molecule has 0 bridgehead atoms. The summed E-state index contributed by atoms with van der Waals surface area (Å²) in [5.41, 5.74) is 18.3. The molecule has 10 aromatic rings. The molecule has 0 unspecified atom stereocenters. The molecule has 12 N–H and O–H groups in total. The number of nitrogens with one attached hydrogen (secondary N) is 5. The van der Waals surface area contributed by atoms with Crippen molar-refractivity contribution in [3.05, 3.63) is 215 Å². The third-order valence-corrected chi connectivity index (χ3v) is 19.0. The van der Waals surface area contributed by atoms with Crippen LogP contribution >= 0.6 is 34.9 Å². The van der Waals surface area contributed by atoms with Crippen LogP contribution < -0.4 is 68.2 Å². The van der Waals surface area contributed by atoms with Gasteiger partial charge >= 0.3 is 18.7 Å². The highest BCUT2D eigenvalue weighted by atomic mass is 32.1. The average Bonchev–Trinajstić information content (AvgIpc) is 1.58. The molecule has 0 saturated carbocycles. The molecule has 0 atom stereocenters. The van der Waals surface area contributed by atoms with Gasteiger partial charge in [-0.2, -0.15) is 5.26 Å². The van der Waals surface area contributed by atoms with Crippen LogP contribution in [0.15, 0.2) is 177 Å². The van der Waals surface area contributed by atoms with Crippen LogP contribution in [0.3, 0.4) is 0 Å². The Morgan fingerprint density at radius 1 is 0.500 bits per heavy atom. The number of pyridine rings is 6. The van der Waals surface area contributed by atoms with Gasteiger partial charge in [-0.3, -0.25) is 38.9 Å². The van der Waals surface area contributed by atoms with Gasteiger partial charge in [0, 0.05) is 92.7 Å². The number of nitriles is 1. The lowest BCUT2D eigenvalue weighted by Gasteiger charge is -2.32. The summed E-state index contributed by atoms with van der Waals surface area (Å²) in [7, 11) is 0. The van der Waals surface area contributed by atoms with Gasteiger partial charge in [-0.15, -0.1) is 46.7 Å². The molecule has 114 heavy (non-hydrogen) atoms. The Labute approximate surface area is 663 Å². The highest BCUT2D eigenvalue weighted by molar-refractivity contribution is 7.80. The van der Waals surface area contributed by atoms with Gasteiger partial charge in [0.1, 0.15) is 39.0 Å². The molecule has 0 aliphatic carbocycles. The minimum atomic E-state index is -4.80. The minimum absolute atomic E-state index is 0.116. The van der Waals surface area contributed by atoms with Gasteiger partial charge in [0.15, 0.2) is 5.11 Å². The molecular weight excluding hydrogens is 1550 g/mol. The molecule has 4 amide bonds. The number of carboxylic acids is 1. The number of hydrogen-bond donors (Lipinski definition) is 9. The molecule has 596 valence electrons. The van der Waals surface area contributed by atoms with Crippen LogP contribution in [0, 0.1) is 17.2 Å². The predicted octanol–water partition coefficient (Wildman–Crippen LogP) is 10.8. The Balaban J connectivity index is 0.000000180. The fraction of sp³-hybridized carbons (Fsp3) is 0.293. The number of carbonyl (C=O) groups is 5. The number of aliphatic carboxylic acids is 1. The van der Waals surface area contributed by atoms with E-state index in [1.807, 2.05) is 78.2 Å². The summed E-state index contributed by atoms with van der Waals surface area (Å²) in [5, 5.41) is 47.7. The SMILES string of the molecule is N#CC1CCN(c2ccc(NC(=O)Cc3ccccn3)nc2)CC1.NNC(N)=S.Nc1nnc(C2CCN(c3ccc(NC(=O)Cc4ccccn4)nc3)CC2)s1.O=C(Cc1ccccn1)Nc1ccc(N2CCC(c3nnc(NC(=O)Cc4cccc(OC(F)(F)F)c4)s3)CC2)cn1.O=C(O)Cc1cccc(OC(F)(F)F)c1. The Morgan fingerprint density at radius 3 is 1.21 bits per heavy atom. The summed E-state index contributed by atoms with van der Waals surface area (Å²) < 4.78 is 80.3. The Morgan fingerprint density at radius 2 is 0.877 bits per heavy atom. The summed E-state index contributed by atoms with van der Waals surface area (Å²) >= 11 is 7.01. The van der Waals surface area contributed by atoms with Crippen LogP contribution in [0.5, 0.6) is 11.5 Å². The molecule has 8 aromatic heterocycles. The molecule has 11 heterocycles. The van der Waals surface area contributed by atoms with Crippen molar-refractivity contribution in [1.29, 1.82) is 5.26 Å². The second-order valence-electron chi connectivity index (χ2n) is 25.4. The van der Waals surface area contributed by atoms with E-state index in [9.17, 15) is 50.3 Å². The highest BCUT2D eigenvalue weighted by Crippen LogP contribution is 2.36. The molecule has 39 heteroatoms. The van der Waals surface area contributed by atoms with E-state index in [-0.39, 0.29) is 78.1 Å². The number of nitrogen functional groups attached to an aromatic ring is 1. The van der Waals surface area contributed by atoms with Crippen molar-refractivity contribution in [2.24, 2.45) is 17.5 Å². The quantitative estimate of drug-likeness (QED) is 0.0140. The molecule has 3 fully saturated rings. The number of aromatic nitrogens is 10. The maximum absolute atomic E-state index is 12.5. The molecule has 3 saturated heterocycles. The maximum atomic E-state index is 12.5. The second-order valence-corrected chi connectivity index (χ2v) is 27.9. The summed E-state index contributed by atoms with van der Waals surface area (Å²) in [6.07, 6.45) is 6.35. The molecule has 2 aromatic carbocycles. The Bertz CT molecular complexity index is 4770. The summed E-state index contributed by atoms with van der Waals surface area (Å²) in [4.78, 5) is 91.4. The number of ether oxygens (including phenoxy) is 2. The first-order valence-electron chi connectivity index (χ1n) is 35.3. The van der Waals surface area contributed by atoms with E-state index >= 15 is 0 Å². The van der Waals surface area contributed by atoms with Crippen molar-refractivity contribution in [2.75, 3.05) is 81.0 Å². The van der Waals surface area contributed by atoms with Crippen LogP contribution in [0.1, 0.15) is 88.6 Å². The fourth-order valence-electron chi connectivity index (χ4n) is 11.6. The molecule has 13 rings (SSSR count). The lowest BCUT2D eigenvalue weighted by Crippen LogP contribution is -2.34. The number of thiocarbonyl (C=S) groups is 1. The van der Waals surface area contributed by atoms with E-state index in [0.717, 1.165) is 128 Å². The maximum Gasteiger partial charge on any atom is 0.573 e. The molecule has 0 radical (unpaired) electrons. The van der Waals surface area contributed by atoms with Crippen LogP contribution in [0.4, 0.5) is 71.1 Å². The topological polar surface area (TPSA) is 425 Å². The van der Waals surface area contributed by atoms with Gasteiger partial charge < -0.3 is 67.4 Å². The number of halogens is 6. The van der Waals surface area contributed by atoms with Crippen molar-refractivity contribution in [3.8, 4) is 17.6 Å². The van der Waals surface area contributed by atoms with Gasteiger partial charge in [-0.1, -0.05) is 65.1 Å². The van der Waals surface area contributed by atoms with Gasteiger partial charge in [0.25, 0.3) is 0 Å². The van der Waals surface area contributed by atoms with Crippen LogP contribution in [-0.2, 0) is 56.1 Å². The molecule has 3 aliphatic rings. The van der Waals surface area contributed by atoms with Crippen molar-refractivity contribution in [1.82, 2.24) is 55.7 Å². The zero-order valence-corrected chi connectivity index (χ0v) is 63.2. The molecule has 3 aliphatic heterocycles. The number of anilines is 8. The van der Waals surface area contributed by atoms with Crippen molar-refractivity contribution < 1.29 is 64.9 Å². The third-order valence-electron chi connectivity index (χ3n) is 17.0. The largest absolute Gasteiger partial charge is 0.573 e. The smallest absolute Gasteiger partial charge is 0.481 e. The van der Waals surface area contributed by atoms with Gasteiger partial charge in [-0.05, 0) is 159 Å². The van der Waals surface area contributed by atoms with E-state index in [4.69, 9.17) is 21.8 Å². The average molecular weight is 1630 g/mol. The van der Waals surface area contributed by atoms with Crippen molar-refractivity contribution in [2.45, 2.75) is 95.2 Å². The van der Waals surface area contributed by atoms with Gasteiger partial charge in [-0.25, -0.2) is 20.8 Å². The number of nitrogens with two attached hydrogens (primary N) is 3. The predicted molar refractivity (Wildman–Crippen MR) is 420 cm³/mol. The number of carbonyl (C=O) groups excluding carboxylic acids is 4. The van der Waals surface area contributed by atoms with Crippen LogP contribution in [-0.4, -0.2) is 142 Å². The molecule has 30 nitrogen and oxygen atoms in total. The Kier molecular flexibility index (Phi) is 31.9. The number of hydrazine groups is 1. The number of amides is 4. The third kappa shape index (κ3) is 29.9. The lowest BCUT2D eigenvalue weighted by molar-refractivity contribution is -0.275. The number of carboxylic acid groups (broad SMARTS) is 1. The van der Waals surface area contributed by atoms with Crippen molar-refractivity contribution in [3.63, 3.8) is 0 Å². The number of alkyl halides is 6. The monoisotopic (exact) mass is 1620 g/mol. The normalized spacial score (nSPS) is 13.6. The Hall–Kier alpha value is -12.7. The first-order chi connectivity index (χ1) is 54.7. The van der Waals surface area contributed by atoms with E-state index in [0.29, 0.717) is 44.9 Å². The van der Waals surface area contributed by atoms with Crippen molar-refractivity contribution >= 4 is 114 Å².